The normalized spacial score (nSPS) is 19.5. The van der Waals surface area contributed by atoms with E-state index in [9.17, 15) is 4.79 Å². The highest BCUT2D eigenvalue weighted by atomic mass is 16.2. The van der Waals surface area contributed by atoms with Crippen LogP contribution in [0.1, 0.15) is 49.9 Å². The molecule has 1 unspecified atom stereocenters. The number of nitrogen functional groups attached to an aromatic ring is 1. The van der Waals surface area contributed by atoms with Crippen LogP contribution in [0.15, 0.2) is 0 Å². The average molecular weight is 275 g/mol. The predicted molar refractivity (Wildman–Crippen MR) is 77.4 cm³/mol. The number of nitrogens with two attached hydrogens (primary N) is 1. The zero-order valence-corrected chi connectivity index (χ0v) is 11.9. The first-order chi connectivity index (χ1) is 9.54. The first-order valence-corrected chi connectivity index (χ1v) is 7.25. The van der Waals surface area contributed by atoms with Crippen molar-refractivity contribution in [3.05, 3.63) is 11.4 Å². The number of hydrogen-bond acceptors (Lipinski definition) is 5. The molecule has 6 nitrogen and oxygen atoms in total. The van der Waals surface area contributed by atoms with E-state index in [1.165, 1.54) is 0 Å². The molecule has 1 aromatic rings. The fourth-order valence-electron chi connectivity index (χ4n) is 2.04. The number of anilines is 2. The van der Waals surface area contributed by atoms with Crippen molar-refractivity contribution in [1.82, 2.24) is 15.3 Å². The molecule has 2 fully saturated rings. The van der Waals surface area contributed by atoms with E-state index in [2.05, 4.69) is 20.6 Å². The van der Waals surface area contributed by atoms with Crippen LogP contribution in [0.2, 0.25) is 0 Å². The van der Waals surface area contributed by atoms with Gasteiger partial charge in [-0.3, -0.25) is 4.79 Å². The maximum Gasteiger partial charge on any atom is 0.242 e. The molecule has 1 heterocycles. The van der Waals surface area contributed by atoms with Crippen LogP contribution in [0.25, 0.3) is 0 Å². The quantitative estimate of drug-likeness (QED) is 0.753. The largest absolute Gasteiger partial charge is 0.383 e. The van der Waals surface area contributed by atoms with Crippen molar-refractivity contribution < 1.29 is 4.79 Å². The Morgan fingerprint density at radius 3 is 2.60 bits per heavy atom. The third-order valence-electron chi connectivity index (χ3n) is 3.81. The molecule has 0 bridgehead atoms. The van der Waals surface area contributed by atoms with Gasteiger partial charge >= 0.3 is 0 Å². The number of carbonyl (C=O) groups is 1. The zero-order chi connectivity index (χ0) is 14.3. The van der Waals surface area contributed by atoms with Gasteiger partial charge in [-0.25, -0.2) is 9.97 Å². The molecule has 2 saturated carbocycles. The smallest absolute Gasteiger partial charge is 0.242 e. The predicted octanol–water partition coefficient (Wildman–Crippen LogP) is 1.32. The molecule has 1 amide bonds. The van der Waals surface area contributed by atoms with Crippen molar-refractivity contribution in [2.24, 2.45) is 0 Å². The Hall–Kier alpha value is -1.85. The van der Waals surface area contributed by atoms with Crippen molar-refractivity contribution >= 4 is 17.5 Å². The SMILES string of the molecule is Cc1c(N)nc(C2CC2)nc1NC(C)C(=O)NC1CC1. The van der Waals surface area contributed by atoms with Crippen LogP contribution in [0.4, 0.5) is 11.6 Å². The highest BCUT2D eigenvalue weighted by Gasteiger charge is 2.29. The van der Waals surface area contributed by atoms with Gasteiger partial charge in [-0.2, -0.15) is 0 Å². The summed E-state index contributed by atoms with van der Waals surface area (Å²) in [7, 11) is 0. The van der Waals surface area contributed by atoms with Gasteiger partial charge in [0.25, 0.3) is 0 Å². The minimum Gasteiger partial charge on any atom is -0.383 e. The lowest BCUT2D eigenvalue weighted by molar-refractivity contribution is -0.121. The van der Waals surface area contributed by atoms with Gasteiger partial charge in [0.15, 0.2) is 0 Å². The summed E-state index contributed by atoms with van der Waals surface area (Å²) >= 11 is 0. The summed E-state index contributed by atoms with van der Waals surface area (Å²) in [5.74, 6) is 2.42. The standard InChI is InChI=1S/C14H21N5O/c1-7-11(15)18-13(9-3-4-9)19-12(7)16-8(2)14(20)17-10-5-6-10/h8-10H,3-6H2,1-2H3,(H,17,20)(H3,15,16,18,19). The van der Waals surface area contributed by atoms with Gasteiger partial charge in [0, 0.05) is 17.5 Å². The fraction of sp³-hybridized carbons (Fsp3) is 0.643. The lowest BCUT2D eigenvalue weighted by Crippen LogP contribution is -2.39. The Bertz CT molecular complexity index is 537. The van der Waals surface area contributed by atoms with E-state index in [1.807, 2.05) is 13.8 Å². The second-order valence-electron chi connectivity index (χ2n) is 5.86. The van der Waals surface area contributed by atoms with E-state index in [0.29, 0.717) is 23.6 Å². The van der Waals surface area contributed by atoms with Crippen LogP contribution in [0.5, 0.6) is 0 Å². The molecule has 108 valence electrons. The van der Waals surface area contributed by atoms with Crippen molar-refractivity contribution in [3.8, 4) is 0 Å². The van der Waals surface area contributed by atoms with Crippen molar-refractivity contribution in [1.29, 1.82) is 0 Å². The Labute approximate surface area is 118 Å². The Kier molecular flexibility index (Phi) is 3.23. The molecule has 0 radical (unpaired) electrons. The maximum atomic E-state index is 12.0. The summed E-state index contributed by atoms with van der Waals surface area (Å²) in [6, 6.07) is 0.0426. The van der Waals surface area contributed by atoms with Gasteiger partial charge in [-0.1, -0.05) is 0 Å². The van der Waals surface area contributed by atoms with E-state index < -0.39 is 0 Å². The first-order valence-electron chi connectivity index (χ1n) is 7.25. The average Bonchev–Trinajstić information content (AvgIpc) is 3.25. The van der Waals surface area contributed by atoms with Gasteiger partial charge < -0.3 is 16.4 Å². The zero-order valence-electron chi connectivity index (χ0n) is 11.9. The summed E-state index contributed by atoms with van der Waals surface area (Å²) < 4.78 is 0. The summed E-state index contributed by atoms with van der Waals surface area (Å²) in [4.78, 5) is 20.8. The molecule has 0 saturated heterocycles. The fourth-order valence-corrected chi connectivity index (χ4v) is 2.04. The van der Waals surface area contributed by atoms with E-state index in [-0.39, 0.29) is 11.9 Å². The molecule has 3 rings (SSSR count). The molecule has 6 heteroatoms. The highest BCUT2D eigenvalue weighted by Crippen LogP contribution is 2.39. The van der Waals surface area contributed by atoms with Crippen LogP contribution < -0.4 is 16.4 Å². The van der Waals surface area contributed by atoms with Crippen molar-refractivity contribution in [2.45, 2.75) is 57.5 Å². The Morgan fingerprint density at radius 1 is 1.30 bits per heavy atom. The molecule has 0 aromatic carbocycles. The summed E-state index contributed by atoms with van der Waals surface area (Å²) in [5, 5.41) is 6.15. The molecule has 2 aliphatic rings. The Morgan fingerprint density at radius 2 is 2.00 bits per heavy atom. The van der Waals surface area contributed by atoms with Gasteiger partial charge in [0.2, 0.25) is 5.91 Å². The van der Waals surface area contributed by atoms with Crippen molar-refractivity contribution in [2.75, 3.05) is 11.1 Å². The topological polar surface area (TPSA) is 92.9 Å². The van der Waals surface area contributed by atoms with Gasteiger partial charge in [-0.15, -0.1) is 0 Å². The summed E-state index contributed by atoms with van der Waals surface area (Å²) in [5.41, 5.74) is 6.74. The lowest BCUT2D eigenvalue weighted by atomic mass is 10.2. The molecule has 1 aromatic heterocycles. The van der Waals surface area contributed by atoms with Crippen molar-refractivity contribution in [3.63, 3.8) is 0 Å². The number of hydrogen-bond donors (Lipinski definition) is 3. The minimum atomic E-state index is -0.323. The molecule has 0 aliphatic heterocycles. The second kappa shape index (κ2) is 4.92. The molecule has 4 N–H and O–H groups in total. The number of carbonyl (C=O) groups excluding carboxylic acids is 1. The third kappa shape index (κ3) is 2.84. The van der Waals surface area contributed by atoms with E-state index in [0.717, 1.165) is 37.1 Å². The molecular formula is C14H21N5O. The summed E-state index contributed by atoms with van der Waals surface area (Å²) in [6.07, 6.45) is 4.42. The minimum absolute atomic E-state index is 0.0112. The molecule has 0 spiro atoms. The van der Waals surface area contributed by atoms with E-state index in [4.69, 9.17) is 5.73 Å². The van der Waals surface area contributed by atoms with Crippen LogP contribution in [-0.2, 0) is 4.79 Å². The van der Waals surface area contributed by atoms with Gasteiger partial charge in [0.1, 0.15) is 23.5 Å². The van der Waals surface area contributed by atoms with Crippen LogP contribution >= 0.6 is 0 Å². The highest BCUT2D eigenvalue weighted by molar-refractivity contribution is 5.84. The van der Waals surface area contributed by atoms with E-state index in [1.54, 1.807) is 0 Å². The molecule has 2 aliphatic carbocycles. The van der Waals surface area contributed by atoms with Crippen LogP contribution in [0, 0.1) is 6.92 Å². The molecule has 20 heavy (non-hydrogen) atoms. The second-order valence-corrected chi connectivity index (χ2v) is 5.86. The third-order valence-corrected chi connectivity index (χ3v) is 3.81. The Balaban J connectivity index is 1.73. The maximum absolute atomic E-state index is 12.0. The number of rotatable bonds is 5. The van der Waals surface area contributed by atoms with Crippen LogP contribution in [-0.4, -0.2) is 28.0 Å². The number of nitrogens with zero attached hydrogens (tertiary/aromatic N) is 2. The van der Waals surface area contributed by atoms with E-state index >= 15 is 0 Å². The monoisotopic (exact) mass is 275 g/mol. The molecule has 1 atom stereocenters. The lowest BCUT2D eigenvalue weighted by Gasteiger charge is -2.17. The summed E-state index contributed by atoms with van der Waals surface area (Å²) in [6.45, 7) is 3.71. The number of nitrogens with one attached hydrogen (secondary N) is 2. The molecular weight excluding hydrogens is 254 g/mol. The van der Waals surface area contributed by atoms with Gasteiger partial charge in [-0.05, 0) is 39.5 Å². The van der Waals surface area contributed by atoms with Gasteiger partial charge in [0.05, 0.1) is 0 Å². The number of amides is 1. The first kappa shape index (κ1) is 13.1. The number of aromatic nitrogens is 2. The van der Waals surface area contributed by atoms with Crippen LogP contribution in [0.3, 0.4) is 0 Å².